The fourth-order valence-corrected chi connectivity index (χ4v) is 2.50. The van der Waals surface area contributed by atoms with Crippen molar-refractivity contribution in [2.24, 2.45) is 0 Å². The summed E-state index contributed by atoms with van der Waals surface area (Å²) in [5.41, 5.74) is 8.81. The molecule has 0 saturated carbocycles. The van der Waals surface area contributed by atoms with E-state index in [1.54, 1.807) is 0 Å². The third-order valence-corrected chi connectivity index (χ3v) is 3.56. The highest BCUT2D eigenvalue weighted by Crippen LogP contribution is 2.21. The monoisotopic (exact) mass is 257 g/mol. The van der Waals surface area contributed by atoms with Gasteiger partial charge in [0, 0.05) is 30.6 Å². The first-order valence-electron chi connectivity index (χ1n) is 6.81. The fraction of sp³-hybridized carbons (Fsp3) is 0.400. The Labute approximate surface area is 113 Å². The summed E-state index contributed by atoms with van der Waals surface area (Å²) >= 11 is 0. The van der Waals surface area contributed by atoms with E-state index >= 15 is 0 Å². The third-order valence-electron chi connectivity index (χ3n) is 3.56. The van der Waals surface area contributed by atoms with E-state index in [0.29, 0.717) is 6.10 Å². The van der Waals surface area contributed by atoms with E-state index in [1.165, 1.54) is 12.8 Å². The number of aryl methyl sites for hydroxylation is 1. The van der Waals surface area contributed by atoms with Crippen LogP contribution in [0.5, 0.6) is 0 Å². The van der Waals surface area contributed by atoms with Crippen LogP contribution < -0.4 is 5.73 Å². The molecular weight excluding hydrogens is 238 g/mol. The Bertz CT molecular complexity index is 544. The molecule has 2 aromatic rings. The minimum atomic E-state index is 0.417. The standard InChI is InChI=1S/C15H19N3O/c16-14-4-1-3-12(9-14)13-10-17-18(11-13)7-6-15-5-2-8-19-15/h1,3-4,9-11,15H,2,5-8,16H2. The third kappa shape index (κ3) is 2.96. The van der Waals surface area contributed by atoms with Crippen molar-refractivity contribution in [2.45, 2.75) is 31.9 Å². The average Bonchev–Trinajstić information content (AvgIpc) is 3.08. The summed E-state index contributed by atoms with van der Waals surface area (Å²) in [7, 11) is 0. The number of rotatable bonds is 4. The molecule has 1 unspecified atom stereocenters. The number of hydrogen-bond donors (Lipinski definition) is 1. The van der Waals surface area contributed by atoms with E-state index in [1.807, 2.05) is 29.1 Å². The topological polar surface area (TPSA) is 53.1 Å². The molecule has 1 aromatic heterocycles. The molecule has 4 nitrogen and oxygen atoms in total. The normalized spacial score (nSPS) is 18.8. The van der Waals surface area contributed by atoms with Gasteiger partial charge >= 0.3 is 0 Å². The molecule has 1 atom stereocenters. The van der Waals surface area contributed by atoms with Crippen molar-refractivity contribution in [2.75, 3.05) is 12.3 Å². The van der Waals surface area contributed by atoms with E-state index in [2.05, 4.69) is 17.4 Å². The first-order valence-corrected chi connectivity index (χ1v) is 6.81. The molecule has 3 rings (SSSR count). The minimum Gasteiger partial charge on any atom is -0.399 e. The molecule has 1 fully saturated rings. The summed E-state index contributed by atoms with van der Waals surface area (Å²) in [5, 5.41) is 4.40. The van der Waals surface area contributed by atoms with Gasteiger partial charge in [-0.2, -0.15) is 5.10 Å². The van der Waals surface area contributed by atoms with E-state index in [-0.39, 0.29) is 0 Å². The van der Waals surface area contributed by atoms with Crippen molar-refractivity contribution < 1.29 is 4.74 Å². The summed E-state index contributed by atoms with van der Waals surface area (Å²) in [5.74, 6) is 0. The lowest BCUT2D eigenvalue weighted by molar-refractivity contribution is 0.0994. The lowest BCUT2D eigenvalue weighted by Gasteiger charge is -2.08. The van der Waals surface area contributed by atoms with Gasteiger partial charge < -0.3 is 10.5 Å². The molecule has 2 N–H and O–H groups in total. The predicted octanol–water partition coefficient (Wildman–Crippen LogP) is 2.70. The molecule has 1 saturated heterocycles. The zero-order valence-electron chi connectivity index (χ0n) is 11.0. The van der Waals surface area contributed by atoms with Crippen molar-refractivity contribution in [3.8, 4) is 11.1 Å². The molecule has 0 radical (unpaired) electrons. The van der Waals surface area contributed by atoms with Gasteiger partial charge in [0.05, 0.1) is 12.3 Å². The Hall–Kier alpha value is -1.81. The van der Waals surface area contributed by atoms with Gasteiger partial charge in [-0.1, -0.05) is 12.1 Å². The van der Waals surface area contributed by atoms with Gasteiger partial charge in [0.25, 0.3) is 0 Å². The zero-order chi connectivity index (χ0) is 13.1. The Balaban J connectivity index is 1.65. The highest BCUT2D eigenvalue weighted by molar-refractivity contribution is 5.65. The second-order valence-electron chi connectivity index (χ2n) is 5.04. The Kier molecular flexibility index (Phi) is 3.51. The van der Waals surface area contributed by atoms with E-state index in [9.17, 15) is 0 Å². The summed E-state index contributed by atoms with van der Waals surface area (Å²) in [6.07, 6.45) is 7.80. The Morgan fingerprint density at radius 3 is 3.11 bits per heavy atom. The molecule has 0 bridgehead atoms. The molecule has 1 aromatic carbocycles. The summed E-state index contributed by atoms with van der Waals surface area (Å²) < 4.78 is 7.61. The SMILES string of the molecule is Nc1cccc(-c2cnn(CCC3CCCO3)c2)c1. The first-order chi connectivity index (χ1) is 9.31. The maximum absolute atomic E-state index is 5.80. The summed E-state index contributed by atoms with van der Waals surface area (Å²) in [6, 6.07) is 7.89. The van der Waals surface area contributed by atoms with Crippen LogP contribution in [-0.4, -0.2) is 22.5 Å². The van der Waals surface area contributed by atoms with Crippen LogP contribution >= 0.6 is 0 Å². The predicted molar refractivity (Wildman–Crippen MR) is 75.7 cm³/mol. The van der Waals surface area contributed by atoms with Gasteiger partial charge in [-0.25, -0.2) is 0 Å². The molecule has 1 aliphatic rings. The molecule has 19 heavy (non-hydrogen) atoms. The number of hydrogen-bond acceptors (Lipinski definition) is 3. The Morgan fingerprint density at radius 1 is 1.37 bits per heavy atom. The second-order valence-corrected chi connectivity index (χ2v) is 5.04. The fourth-order valence-electron chi connectivity index (χ4n) is 2.50. The van der Waals surface area contributed by atoms with Gasteiger partial charge in [0.2, 0.25) is 0 Å². The van der Waals surface area contributed by atoms with Crippen LogP contribution in [0.1, 0.15) is 19.3 Å². The number of aromatic nitrogens is 2. The smallest absolute Gasteiger partial charge is 0.0593 e. The quantitative estimate of drug-likeness (QED) is 0.857. The Morgan fingerprint density at radius 2 is 2.32 bits per heavy atom. The van der Waals surface area contributed by atoms with E-state index < -0.39 is 0 Å². The van der Waals surface area contributed by atoms with Crippen LogP contribution in [0.4, 0.5) is 5.69 Å². The van der Waals surface area contributed by atoms with Gasteiger partial charge in [-0.05, 0) is 37.0 Å². The average molecular weight is 257 g/mol. The lowest BCUT2D eigenvalue weighted by atomic mass is 10.1. The summed E-state index contributed by atoms with van der Waals surface area (Å²) in [4.78, 5) is 0. The molecule has 2 heterocycles. The molecule has 0 amide bonds. The number of ether oxygens (including phenoxy) is 1. The van der Waals surface area contributed by atoms with Crippen molar-refractivity contribution >= 4 is 5.69 Å². The zero-order valence-corrected chi connectivity index (χ0v) is 11.0. The lowest BCUT2D eigenvalue weighted by Crippen LogP contribution is -2.10. The minimum absolute atomic E-state index is 0.417. The highest BCUT2D eigenvalue weighted by Gasteiger charge is 2.15. The molecular formula is C15H19N3O. The number of benzene rings is 1. The van der Waals surface area contributed by atoms with Crippen molar-refractivity contribution in [3.63, 3.8) is 0 Å². The van der Waals surface area contributed by atoms with Gasteiger partial charge in [-0.15, -0.1) is 0 Å². The molecule has 0 spiro atoms. The van der Waals surface area contributed by atoms with Crippen molar-refractivity contribution in [1.82, 2.24) is 9.78 Å². The number of nitrogens with two attached hydrogens (primary N) is 1. The van der Waals surface area contributed by atoms with Gasteiger partial charge in [0.1, 0.15) is 0 Å². The largest absolute Gasteiger partial charge is 0.399 e. The van der Waals surface area contributed by atoms with Gasteiger partial charge in [0.15, 0.2) is 0 Å². The first kappa shape index (κ1) is 12.2. The van der Waals surface area contributed by atoms with Crippen LogP contribution in [0.2, 0.25) is 0 Å². The highest BCUT2D eigenvalue weighted by atomic mass is 16.5. The molecule has 100 valence electrons. The van der Waals surface area contributed by atoms with Crippen LogP contribution in [0.3, 0.4) is 0 Å². The van der Waals surface area contributed by atoms with Crippen LogP contribution in [0.15, 0.2) is 36.7 Å². The van der Waals surface area contributed by atoms with Crippen LogP contribution in [-0.2, 0) is 11.3 Å². The van der Waals surface area contributed by atoms with Gasteiger partial charge in [-0.3, -0.25) is 4.68 Å². The van der Waals surface area contributed by atoms with E-state index in [0.717, 1.165) is 36.4 Å². The second kappa shape index (κ2) is 5.45. The maximum Gasteiger partial charge on any atom is 0.0593 e. The van der Waals surface area contributed by atoms with Crippen molar-refractivity contribution in [1.29, 1.82) is 0 Å². The maximum atomic E-state index is 5.80. The van der Waals surface area contributed by atoms with Crippen LogP contribution in [0, 0.1) is 0 Å². The van der Waals surface area contributed by atoms with Crippen LogP contribution in [0.25, 0.3) is 11.1 Å². The molecule has 0 aliphatic carbocycles. The number of nitrogen functional groups attached to an aromatic ring is 1. The van der Waals surface area contributed by atoms with Crippen molar-refractivity contribution in [3.05, 3.63) is 36.7 Å². The number of nitrogens with zero attached hydrogens (tertiary/aromatic N) is 2. The molecule has 4 heteroatoms. The number of anilines is 1. The molecule has 1 aliphatic heterocycles. The van der Waals surface area contributed by atoms with E-state index in [4.69, 9.17) is 10.5 Å². The summed E-state index contributed by atoms with van der Waals surface area (Å²) in [6.45, 7) is 1.82.